The van der Waals surface area contributed by atoms with Gasteiger partial charge in [0.25, 0.3) is 0 Å². The van der Waals surface area contributed by atoms with Gasteiger partial charge in [-0.3, -0.25) is 0 Å². The largest absolute Gasteiger partial charge is 0.485 e. The first-order valence-electron chi connectivity index (χ1n) is 16.5. The Labute approximate surface area is 270 Å². The summed E-state index contributed by atoms with van der Waals surface area (Å²) in [7, 11) is 1.40. The van der Waals surface area contributed by atoms with Crippen LogP contribution in [0.25, 0.3) is 28.0 Å². The summed E-state index contributed by atoms with van der Waals surface area (Å²) in [6.07, 6.45) is 3.43. The van der Waals surface area contributed by atoms with Crippen molar-refractivity contribution in [1.82, 2.24) is 14.6 Å². The van der Waals surface area contributed by atoms with Gasteiger partial charge in [-0.05, 0) is 78.4 Å². The van der Waals surface area contributed by atoms with Crippen LogP contribution in [0.1, 0.15) is 88.8 Å². The highest BCUT2D eigenvalue weighted by atomic mass is 16.6. The molecule has 0 unspecified atom stereocenters. The van der Waals surface area contributed by atoms with Crippen LogP contribution in [0.3, 0.4) is 0 Å². The Morgan fingerprint density at radius 2 is 1.78 bits per heavy atom. The molecule has 9 heteroatoms. The average Bonchev–Trinajstić information content (AvgIpc) is 3.45. The molecule has 2 atom stereocenters. The molecule has 4 aromatic rings. The number of methoxy groups -OCH3 is 1. The van der Waals surface area contributed by atoms with Crippen molar-refractivity contribution in [3.63, 3.8) is 0 Å². The zero-order chi connectivity index (χ0) is 32.2. The Bertz CT molecular complexity index is 1780. The SMILES string of the molecule is COC(=O)[C@@H](OC(C)(C)C)c1c(C)nc2cc3nn2c1N1CCC(C)(CC1)OCCCC[C@H]1Oc2ccccc2-c2cccc-3c21. The molecule has 2 aromatic heterocycles. The Hall–Kier alpha value is -3.95. The van der Waals surface area contributed by atoms with E-state index in [0.29, 0.717) is 23.5 Å². The normalized spacial score (nSPS) is 21.9. The predicted octanol–water partition coefficient (Wildman–Crippen LogP) is 7.39. The van der Waals surface area contributed by atoms with Crippen molar-refractivity contribution in [1.29, 1.82) is 0 Å². The molecule has 0 amide bonds. The molecule has 1 saturated heterocycles. The third-order valence-electron chi connectivity index (χ3n) is 9.54. The second kappa shape index (κ2) is 11.7. The zero-order valence-electron chi connectivity index (χ0n) is 27.8. The van der Waals surface area contributed by atoms with Crippen molar-refractivity contribution in [2.45, 2.75) is 90.1 Å². The molecule has 242 valence electrons. The number of anilines is 1. The lowest BCUT2D eigenvalue weighted by atomic mass is 9.86. The monoisotopic (exact) mass is 624 g/mol. The fourth-order valence-electron chi connectivity index (χ4n) is 7.21. The number of aromatic nitrogens is 3. The van der Waals surface area contributed by atoms with E-state index in [0.717, 1.165) is 79.1 Å². The lowest BCUT2D eigenvalue weighted by Gasteiger charge is -2.41. The van der Waals surface area contributed by atoms with E-state index < -0.39 is 17.7 Å². The first-order valence-corrected chi connectivity index (χ1v) is 16.5. The molecular formula is C37H44N4O5. The van der Waals surface area contributed by atoms with Gasteiger partial charge in [-0.1, -0.05) is 36.4 Å². The summed E-state index contributed by atoms with van der Waals surface area (Å²) < 4.78 is 26.9. The number of rotatable bonds is 3. The Morgan fingerprint density at radius 1 is 1.04 bits per heavy atom. The highest BCUT2D eigenvalue weighted by Gasteiger charge is 2.39. The van der Waals surface area contributed by atoms with Gasteiger partial charge < -0.3 is 23.8 Å². The van der Waals surface area contributed by atoms with Crippen LogP contribution in [0.5, 0.6) is 5.75 Å². The van der Waals surface area contributed by atoms with E-state index in [-0.39, 0.29) is 11.7 Å². The summed E-state index contributed by atoms with van der Waals surface area (Å²) in [5.74, 6) is 1.26. The number of para-hydroxylation sites is 1. The van der Waals surface area contributed by atoms with Crippen LogP contribution in [0, 0.1) is 6.92 Å². The maximum Gasteiger partial charge on any atom is 0.339 e. The maximum absolute atomic E-state index is 13.4. The van der Waals surface area contributed by atoms with E-state index in [1.54, 1.807) is 0 Å². The van der Waals surface area contributed by atoms with Crippen molar-refractivity contribution in [2.75, 3.05) is 31.7 Å². The van der Waals surface area contributed by atoms with Gasteiger partial charge in [0.05, 0.1) is 29.6 Å². The second-order valence-corrected chi connectivity index (χ2v) is 14.0. The minimum atomic E-state index is -0.974. The fraction of sp³-hybridized carbons (Fsp3) is 0.486. The molecule has 2 aromatic carbocycles. The van der Waals surface area contributed by atoms with Crippen molar-refractivity contribution in [3.05, 3.63) is 65.4 Å². The molecular weight excluding hydrogens is 580 g/mol. The molecule has 0 saturated carbocycles. The quantitative estimate of drug-likeness (QED) is 0.218. The number of carbonyl (C=O) groups is 1. The number of benzene rings is 2. The fourth-order valence-corrected chi connectivity index (χ4v) is 7.21. The van der Waals surface area contributed by atoms with Gasteiger partial charge in [0.15, 0.2) is 11.8 Å². The van der Waals surface area contributed by atoms with E-state index in [1.807, 2.05) is 38.3 Å². The molecule has 1 fully saturated rings. The summed E-state index contributed by atoms with van der Waals surface area (Å²) in [5.41, 5.74) is 6.52. The summed E-state index contributed by atoms with van der Waals surface area (Å²) in [6, 6.07) is 16.8. The van der Waals surface area contributed by atoms with Gasteiger partial charge in [-0.15, -0.1) is 0 Å². The standard InChI is InChI=1S/C37H44N4O5/c1-23-31(33(35(42)43-6)46-36(2,3)4)34-40-19-17-37(5,18-20-40)44-21-10-9-16-29-32-25(24-12-7-8-15-28(24)45-29)13-11-14-26(32)27-22-30(38-23)41(34)39-27/h7-8,11-15,22,29,33H,9-10,16-21H2,1-6H3/t29-,33+/m1/s1. The van der Waals surface area contributed by atoms with Crippen LogP contribution in [0.15, 0.2) is 48.5 Å². The van der Waals surface area contributed by atoms with Gasteiger partial charge in [0.1, 0.15) is 17.7 Å². The first-order chi connectivity index (χ1) is 22.0. The van der Waals surface area contributed by atoms with E-state index in [9.17, 15) is 4.79 Å². The van der Waals surface area contributed by atoms with Crippen LogP contribution >= 0.6 is 0 Å². The molecule has 9 nitrogen and oxygen atoms in total. The van der Waals surface area contributed by atoms with E-state index >= 15 is 0 Å². The molecule has 8 rings (SSSR count). The maximum atomic E-state index is 13.4. The molecule has 6 heterocycles. The van der Waals surface area contributed by atoms with Crippen molar-refractivity contribution >= 4 is 17.4 Å². The summed E-state index contributed by atoms with van der Waals surface area (Å²) in [5, 5.41) is 5.27. The second-order valence-electron chi connectivity index (χ2n) is 14.0. The number of aryl methyl sites for hydroxylation is 1. The third-order valence-corrected chi connectivity index (χ3v) is 9.54. The van der Waals surface area contributed by atoms with Crippen LogP contribution < -0.4 is 9.64 Å². The smallest absolute Gasteiger partial charge is 0.339 e. The average molecular weight is 625 g/mol. The minimum Gasteiger partial charge on any atom is -0.485 e. The number of fused-ring (bicyclic) bond motifs is 8. The topological polar surface area (TPSA) is 87.4 Å². The van der Waals surface area contributed by atoms with Crippen molar-refractivity contribution in [2.24, 2.45) is 0 Å². The van der Waals surface area contributed by atoms with Gasteiger partial charge in [0.2, 0.25) is 0 Å². The summed E-state index contributed by atoms with van der Waals surface area (Å²) >= 11 is 0. The Balaban J connectivity index is 1.47. The summed E-state index contributed by atoms with van der Waals surface area (Å²) in [6.45, 7) is 12.2. The van der Waals surface area contributed by atoms with Crippen molar-refractivity contribution in [3.8, 4) is 28.1 Å². The minimum absolute atomic E-state index is 0.122. The van der Waals surface area contributed by atoms with Gasteiger partial charge in [0, 0.05) is 48.1 Å². The number of nitrogens with zero attached hydrogens (tertiary/aromatic N) is 4. The lowest BCUT2D eigenvalue weighted by Crippen LogP contribution is -2.46. The predicted molar refractivity (Wildman–Crippen MR) is 177 cm³/mol. The highest BCUT2D eigenvalue weighted by molar-refractivity contribution is 5.84. The van der Waals surface area contributed by atoms with E-state index in [2.05, 4.69) is 54.3 Å². The number of piperidine rings is 1. The van der Waals surface area contributed by atoms with Crippen LogP contribution in [0.2, 0.25) is 0 Å². The first kappa shape index (κ1) is 30.7. The number of ether oxygens (including phenoxy) is 4. The number of hydrogen-bond acceptors (Lipinski definition) is 8. The van der Waals surface area contributed by atoms with E-state index in [4.69, 9.17) is 29.0 Å². The lowest BCUT2D eigenvalue weighted by molar-refractivity contribution is -0.164. The van der Waals surface area contributed by atoms with Crippen LogP contribution in [-0.4, -0.2) is 58.6 Å². The molecule has 0 N–H and O–H groups in total. The molecule has 0 aliphatic carbocycles. The van der Waals surface area contributed by atoms with Crippen LogP contribution in [0.4, 0.5) is 5.82 Å². The highest BCUT2D eigenvalue weighted by Crippen LogP contribution is 2.48. The number of hydrogen-bond donors (Lipinski definition) is 0. The molecule has 0 spiro atoms. The Kier molecular flexibility index (Phi) is 7.80. The van der Waals surface area contributed by atoms with Crippen LogP contribution in [-0.2, 0) is 19.0 Å². The van der Waals surface area contributed by atoms with Gasteiger partial charge >= 0.3 is 5.97 Å². The molecule has 0 radical (unpaired) electrons. The molecule has 4 bridgehead atoms. The zero-order valence-corrected chi connectivity index (χ0v) is 27.8. The molecule has 4 aliphatic heterocycles. The molecule has 46 heavy (non-hydrogen) atoms. The summed E-state index contributed by atoms with van der Waals surface area (Å²) in [4.78, 5) is 20.8. The van der Waals surface area contributed by atoms with Gasteiger partial charge in [-0.2, -0.15) is 9.61 Å². The van der Waals surface area contributed by atoms with E-state index in [1.165, 1.54) is 12.7 Å². The Morgan fingerprint density at radius 3 is 2.54 bits per heavy atom. The van der Waals surface area contributed by atoms with Gasteiger partial charge in [-0.25, -0.2) is 9.78 Å². The number of esters is 1. The van der Waals surface area contributed by atoms with Crippen molar-refractivity contribution < 1.29 is 23.7 Å². The number of carbonyl (C=O) groups excluding carboxylic acids is 1. The third kappa shape index (κ3) is 5.53. The molecule has 4 aliphatic rings.